The minimum Gasteiger partial charge on any atom is -0.324 e. The summed E-state index contributed by atoms with van der Waals surface area (Å²) < 4.78 is 0.732. The molecule has 2 N–H and O–H groups in total. The van der Waals surface area contributed by atoms with E-state index in [1.54, 1.807) is 5.57 Å². The third-order valence-corrected chi connectivity index (χ3v) is 6.18. The molecule has 1 atom stereocenters. The third-order valence-electron chi connectivity index (χ3n) is 3.14. The lowest BCUT2D eigenvalue weighted by Crippen LogP contribution is -2.28. The Labute approximate surface area is 95.3 Å². The molecule has 3 heteroatoms. The number of hydrogen-bond acceptors (Lipinski definition) is 3. The molecule has 14 heavy (non-hydrogen) atoms. The summed E-state index contributed by atoms with van der Waals surface area (Å²) >= 11 is 4.25. The maximum absolute atomic E-state index is 6.10. The highest BCUT2D eigenvalue weighted by molar-refractivity contribution is 8.17. The van der Waals surface area contributed by atoms with Crippen molar-refractivity contribution in [3.8, 4) is 0 Å². The number of rotatable bonds is 1. The molecule has 0 spiro atoms. The highest BCUT2D eigenvalue weighted by atomic mass is 32.2. The molecule has 0 bridgehead atoms. The second-order valence-corrected chi connectivity index (χ2v) is 6.86. The molecular formula is C11H19NS2. The van der Waals surface area contributed by atoms with Gasteiger partial charge < -0.3 is 5.73 Å². The Bertz CT molecular complexity index is 231. The first-order valence-electron chi connectivity index (χ1n) is 5.47. The molecule has 0 aromatic carbocycles. The van der Waals surface area contributed by atoms with Crippen molar-refractivity contribution < 1.29 is 0 Å². The van der Waals surface area contributed by atoms with E-state index in [0.717, 1.165) is 4.58 Å². The summed E-state index contributed by atoms with van der Waals surface area (Å²) in [6.07, 6.45) is 5.16. The van der Waals surface area contributed by atoms with E-state index >= 15 is 0 Å². The van der Waals surface area contributed by atoms with Crippen LogP contribution in [-0.2, 0) is 0 Å². The highest BCUT2D eigenvalue weighted by Gasteiger charge is 2.25. The van der Waals surface area contributed by atoms with Gasteiger partial charge in [0.2, 0.25) is 0 Å². The van der Waals surface area contributed by atoms with Crippen molar-refractivity contribution in [2.45, 2.75) is 43.2 Å². The van der Waals surface area contributed by atoms with E-state index in [0.29, 0.717) is 6.04 Å². The van der Waals surface area contributed by atoms with Crippen LogP contribution in [0, 0.1) is 0 Å². The molecule has 0 aromatic heterocycles. The molecule has 0 saturated carbocycles. The Morgan fingerprint density at radius 1 is 1.21 bits per heavy atom. The molecule has 1 nitrogen and oxygen atoms in total. The molecule has 0 radical (unpaired) electrons. The van der Waals surface area contributed by atoms with Gasteiger partial charge in [-0.1, -0.05) is 5.57 Å². The molecule has 2 aliphatic rings. The largest absolute Gasteiger partial charge is 0.324 e. The molecule has 1 unspecified atom stereocenters. The first kappa shape index (κ1) is 10.9. The SMILES string of the molecule is CC1=C(C2SCCCS2)CCCC1N. The Hall–Kier alpha value is 0.400. The predicted octanol–water partition coefficient (Wildman–Crippen LogP) is 3.01. The minimum absolute atomic E-state index is 0.349. The standard InChI is InChI=1S/C11H19NS2/c1-8-9(4-2-5-10(8)12)11-13-6-3-7-14-11/h10-11H,2-7,12H2,1H3. The van der Waals surface area contributed by atoms with Gasteiger partial charge in [0.15, 0.2) is 0 Å². The van der Waals surface area contributed by atoms with Crippen LogP contribution < -0.4 is 5.73 Å². The van der Waals surface area contributed by atoms with Gasteiger partial charge in [-0.3, -0.25) is 0 Å². The van der Waals surface area contributed by atoms with Crippen LogP contribution in [0.4, 0.5) is 0 Å². The summed E-state index contributed by atoms with van der Waals surface area (Å²) in [4.78, 5) is 0. The van der Waals surface area contributed by atoms with Crippen LogP contribution in [0.2, 0.25) is 0 Å². The molecule has 1 heterocycles. The fraction of sp³-hybridized carbons (Fsp3) is 0.818. The topological polar surface area (TPSA) is 26.0 Å². The van der Waals surface area contributed by atoms with Gasteiger partial charge in [-0.2, -0.15) is 0 Å². The number of hydrogen-bond donors (Lipinski definition) is 1. The van der Waals surface area contributed by atoms with Gasteiger partial charge in [-0.25, -0.2) is 0 Å². The van der Waals surface area contributed by atoms with Gasteiger partial charge in [0.25, 0.3) is 0 Å². The predicted molar refractivity (Wildman–Crippen MR) is 67.8 cm³/mol. The quantitative estimate of drug-likeness (QED) is 0.700. The first-order chi connectivity index (χ1) is 6.79. The lowest BCUT2D eigenvalue weighted by atomic mass is 9.90. The maximum atomic E-state index is 6.10. The van der Waals surface area contributed by atoms with Crippen molar-refractivity contribution in [2.24, 2.45) is 5.73 Å². The van der Waals surface area contributed by atoms with Crippen molar-refractivity contribution in [1.82, 2.24) is 0 Å². The molecule has 1 aliphatic carbocycles. The summed E-state index contributed by atoms with van der Waals surface area (Å²) in [5.41, 5.74) is 9.25. The van der Waals surface area contributed by atoms with Gasteiger partial charge in [-0.15, -0.1) is 23.5 Å². The Kier molecular flexibility index (Phi) is 3.86. The van der Waals surface area contributed by atoms with E-state index in [1.807, 2.05) is 0 Å². The van der Waals surface area contributed by atoms with Crippen LogP contribution in [0.5, 0.6) is 0 Å². The summed E-state index contributed by atoms with van der Waals surface area (Å²) in [7, 11) is 0. The van der Waals surface area contributed by atoms with E-state index in [9.17, 15) is 0 Å². The summed E-state index contributed by atoms with van der Waals surface area (Å²) in [5, 5.41) is 0. The number of thioether (sulfide) groups is 2. The fourth-order valence-corrected chi connectivity index (χ4v) is 5.36. The van der Waals surface area contributed by atoms with Crippen molar-refractivity contribution in [3.05, 3.63) is 11.1 Å². The zero-order valence-electron chi connectivity index (χ0n) is 8.79. The first-order valence-corrected chi connectivity index (χ1v) is 7.57. The molecule has 1 saturated heterocycles. The third kappa shape index (κ3) is 2.31. The monoisotopic (exact) mass is 229 g/mol. The second kappa shape index (κ2) is 4.95. The van der Waals surface area contributed by atoms with Crippen molar-refractivity contribution in [1.29, 1.82) is 0 Å². The molecule has 0 aromatic rings. The summed E-state index contributed by atoms with van der Waals surface area (Å²) in [6.45, 7) is 2.24. The van der Waals surface area contributed by atoms with Crippen molar-refractivity contribution in [3.63, 3.8) is 0 Å². The van der Waals surface area contributed by atoms with E-state index in [1.165, 1.54) is 42.8 Å². The van der Waals surface area contributed by atoms with Crippen LogP contribution in [0.1, 0.15) is 32.6 Å². The molecule has 1 fully saturated rings. The van der Waals surface area contributed by atoms with Crippen LogP contribution in [-0.4, -0.2) is 22.1 Å². The van der Waals surface area contributed by atoms with Crippen molar-refractivity contribution in [2.75, 3.05) is 11.5 Å². The second-order valence-electron chi connectivity index (χ2n) is 4.13. The molecule has 1 aliphatic heterocycles. The maximum Gasteiger partial charge on any atom is 0.0714 e. The highest BCUT2D eigenvalue weighted by Crippen LogP contribution is 2.41. The zero-order valence-corrected chi connectivity index (χ0v) is 10.4. The van der Waals surface area contributed by atoms with Crippen molar-refractivity contribution >= 4 is 23.5 Å². The van der Waals surface area contributed by atoms with Crippen LogP contribution in [0.3, 0.4) is 0 Å². The van der Waals surface area contributed by atoms with Gasteiger partial charge in [0.1, 0.15) is 0 Å². The van der Waals surface area contributed by atoms with E-state index in [2.05, 4.69) is 30.4 Å². The van der Waals surface area contributed by atoms with Gasteiger partial charge in [0.05, 0.1) is 4.58 Å². The fourth-order valence-electron chi connectivity index (χ4n) is 2.16. The Balaban J connectivity index is 2.10. The minimum atomic E-state index is 0.349. The average Bonchev–Trinajstić information content (AvgIpc) is 2.23. The molecular weight excluding hydrogens is 210 g/mol. The van der Waals surface area contributed by atoms with Crippen LogP contribution in [0.15, 0.2) is 11.1 Å². The lowest BCUT2D eigenvalue weighted by molar-refractivity contribution is 0.593. The molecule has 2 rings (SSSR count). The van der Waals surface area contributed by atoms with Gasteiger partial charge in [-0.05, 0) is 49.7 Å². The van der Waals surface area contributed by atoms with E-state index in [-0.39, 0.29) is 0 Å². The Morgan fingerprint density at radius 2 is 1.93 bits per heavy atom. The van der Waals surface area contributed by atoms with E-state index < -0.39 is 0 Å². The lowest BCUT2D eigenvalue weighted by Gasteiger charge is -2.30. The Morgan fingerprint density at radius 3 is 2.64 bits per heavy atom. The number of nitrogens with two attached hydrogens (primary N) is 1. The van der Waals surface area contributed by atoms with Crippen LogP contribution in [0.25, 0.3) is 0 Å². The zero-order chi connectivity index (χ0) is 9.97. The molecule has 0 amide bonds. The van der Waals surface area contributed by atoms with Gasteiger partial charge >= 0.3 is 0 Å². The summed E-state index contributed by atoms with van der Waals surface area (Å²) in [6, 6.07) is 0.349. The smallest absolute Gasteiger partial charge is 0.0714 e. The van der Waals surface area contributed by atoms with Crippen LogP contribution >= 0.6 is 23.5 Å². The summed E-state index contributed by atoms with van der Waals surface area (Å²) in [5.74, 6) is 2.67. The normalized spacial score (nSPS) is 30.9. The van der Waals surface area contributed by atoms with E-state index in [4.69, 9.17) is 5.73 Å². The molecule has 80 valence electrons. The average molecular weight is 229 g/mol. The van der Waals surface area contributed by atoms with Gasteiger partial charge in [0, 0.05) is 6.04 Å².